The fourth-order valence-electron chi connectivity index (χ4n) is 3.10. The van der Waals surface area contributed by atoms with Crippen molar-refractivity contribution in [3.63, 3.8) is 0 Å². The lowest BCUT2D eigenvalue weighted by Gasteiger charge is -2.10. The molecule has 2 amide bonds. The van der Waals surface area contributed by atoms with Gasteiger partial charge in [-0.1, -0.05) is 27.5 Å². The quantitative estimate of drug-likeness (QED) is 0.401. The van der Waals surface area contributed by atoms with Crippen molar-refractivity contribution in [1.29, 1.82) is 0 Å². The molecule has 1 aliphatic rings. The number of anilines is 1. The summed E-state index contributed by atoms with van der Waals surface area (Å²) in [7, 11) is 0. The van der Waals surface area contributed by atoms with E-state index < -0.39 is 6.10 Å². The summed E-state index contributed by atoms with van der Waals surface area (Å²) >= 11 is 11.0. The van der Waals surface area contributed by atoms with Crippen molar-refractivity contribution in [1.82, 2.24) is 5.32 Å². The Morgan fingerprint density at radius 3 is 2.78 bits per heavy atom. The zero-order chi connectivity index (χ0) is 22.8. The SMILES string of the molecule is C[C@H](O)CNC(=O)c1ccc(Cl)c(NC(=O)c2cc3c(s2)-c2ccc(Br)cc2OC=C3)c1. The van der Waals surface area contributed by atoms with E-state index in [0.29, 0.717) is 26.9 Å². The first kappa shape index (κ1) is 22.5. The summed E-state index contributed by atoms with van der Waals surface area (Å²) in [5.41, 5.74) is 2.42. The van der Waals surface area contributed by atoms with Crippen molar-refractivity contribution in [3.8, 4) is 16.2 Å². The van der Waals surface area contributed by atoms with Crippen molar-refractivity contribution in [2.45, 2.75) is 13.0 Å². The molecule has 0 bridgehead atoms. The van der Waals surface area contributed by atoms with Gasteiger partial charge in [0.05, 0.1) is 28.0 Å². The first-order chi connectivity index (χ1) is 15.3. The van der Waals surface area contributed by atoms with Gasteiger partial charge in [-0.15, -0.1) is 11.3 Å². The van der Waals surface area contributed by atoms with Crippen molar-refractivity contribution < 1.29 is 19.4 Å². The fraction of sp³-hybridized carbons (Fsp3) is 0.130. The minimum absolute atomic E-state index is 0.124. The molecule has 1 aliphatic heterocycles. The zero-order valence-electron chi connectivity index (χ0n) is 16.8. The third-order valence-corrected chi connectivity index (χ3v) is 6.66. The molecule has 1 atom stereocenters. The van der Waals surface area contributed by atoms with E-state index in [-0.39, 0.29) is 18.4 Å². The summed E-state index contributed by atoms with van der Waals surface area (Å²) in [6.07, 6.45) is 2.75. The number of hydrogen-bond acceptors (Lipinski definition) is 5. The lowest BCUT2D eigenvalue weighted by molar-refractivity contribution is 0.0923. The molecule has 6 nitrogen and oxygen atoms in total. The Balaban J connectivity index is 1.58. The average Bonchev–Trinajstić information content (AvgIpc) is 3.10. The maximum atomic E-state index is 13.0. The number of benzene rings is 2. The molecule has 0 saturated carbocycles. The molecule has 4 rings (SSSR count). The highest BCUT2D eigenvalue weighted by Crippen LogP contribution is 2.42. The van der Waals surface area contributed by atoms with Crippen LogP contribution in [0.3, 0.4) is 0 Å². The van der Waals surface area contributed by atoms with Crippen molar-refractivity contribution in [2.75, 3.05) is 11.9 Å². The third-order valence-electron chi connectivity index (χ3n) is 4.65. The summed E-state index contributed by atoms with van der Waals surface area (Å²) in [6, 6.07) is 12.1. The number of thiophene rings is 1. The van der Waals surface area contributed by atoms with Gasteiger partial charge in [0, 0.05) is 27.0 Å². The van der Waals surface area contributed by atoms with Gasteiger partial charge in [0.1, 0.15) is 5.75 Å². The van der Waals surface area contributed by atoms with Gasteiger partial charge in [-0.2, -0.15) is 0 Å². The number of carbonyl (C=O) groups excluding carboxylic acids is 2. The summed E-state index contributed by atoms with van der Waals surface area (Å²) < 4.78 is 6.57. The van der Waals surface area contributed by atoms with E-state index >= 15 is 0 Å². The molecule has 0 fully saturated rings. The number of hydrogen-bond donors (Lipinski definition) is 3. The summed E-state index contributed by atoms with van der Waals surface area (Å²) in [5, 5.41) is 15.1. The van der Waals surface area contributed by atoms with Crippen LogP contribution in [-0.4, -0.2) is 29.6 Å². The molecule has 0 unspecified atom stereocenters. The average molecular weight is 534 g/mol. The first-order valence-electron chi connectivity index (χ1n) is 9.66. The van der Waals surface area contributed by atoms with Gasteiger partial charge in [0.15, 0.2) is 0 Å². The molecule has 3 N–H and O–H groups in total. The molecule has 164 valence electrons. The van der Waals surface area contributed by atoms with Gasteiger partial charge in [-0.3, -0.25) is 9.59 Å². The molecule has 2 heterocycles. The predicted molar refractivity (Wildman–Crippen MR) is 131 cm³/mol. The molecule has 0 spiro atoms. The van der Waals surface area contributed by atoms with Crippen molar-refractivity contribution >= 4 is 62.4 Å². The maximum Gasteiger partial charge on any atom is 0.265 e. The third kappa shape index (κ3) is 4.88. The Kier molecular flexibility index (Phi) is 6.66. The minimum Gasteiger partial charge on any atom is -0.464 e. The van der Waals surface area contributed by atoms with E-state index in [1.54, 1.807) is 31.4 Å². The Morgan fingerprint density at radius 2 is 2.00 bits per heavy atom. The Morgan fingerprint density at radius 1 is 1.19 bits per heavy atom. The summed E-state index contributed by atoms with van der Waals surface area (Å²) in [6.45, 7) is 1.70. The van der Waals surface area contributed by atoms with Crippen LogP contribution in [0, 0.1) is 0 Å². The number of fused-ring (bicyclic) bond motifs is 3. The second-order valence-electron chi connectivity index (χ2n) is 7.16. The van der Waals surface area contributed by atoms with E-state index in [1.807, 2.05) is 24.3 Å². The largest absolute Gasteiger partial charge is 0.464 e. The van der Waals surface area contributed by atoms with Crippen LogP contribution in [0.4, 0.5) is 5.69 Å². The molecule has 3 aromatic rings. The number of aliphatic hydroxyl groups is 1. The second-order valence-corrected chi connectivity index (χ2v) is 9.54. The van der Waals surface area contributed by atoms with E-state index in [4.69, 9.17) is 16.3 Å². The van der Waals surface area contributed by atoms with Crippen LogP contribution in [0.15, 0.2) is 53.2 Å². The van der Waals surface area contributed by atoms with Crippen LogP contribution in [0.5, 0.6) is 5.75 Å². The molecule has 1 aromatic heterocycles. The lowest BCUT2D eigenvalue weighted by Crippen LogP contribution is -2.30. The Hall–Kier alpha value is -2.65. The van der Waals surface area contributed by atoms with E-state index in [9.17, 15) is 14.7 Å². The van der Waals surface area contributed by atoms with Gasteiger partial charge in [0.25, 0.3) is 11.8 Å². The van der Waals surface area contributed by atoms with Gasteiger partial charge in [0.2, 0.25) is 0 Å². The normalized spacial score (nSPS) is 12.8. The monoisotopic (exact) mass is 532 g/mol. The standard InChI is InChI=1S/C23H18BrClN2O4S/c1-12(28)11-26-22(29)14-2-5-17(25)18(8-14)27-23(30)20-9-13-6-7-31-19-10-15(24)3-4-16(19)21(13)32-20/h2-10,12,28H,11H2,1H3,(H,26,29)(H,27,30)/t12-/m0/s1. The van der Waals surface area contributed by atoms with Crippen molar-refractivity contribution in [2.24, 2.45) is 0 Å². The topological polar surface area (TPSA) is 87.7 Å². The van der Waals surface area contributed by atoms with Crippen LogP contribution in [0.25, 0.3) is 16.5 Å². The number of halogens is 2. The van der Waals surface area contributed by atoms with E-state index in [2.05, 4.69) is 26.6 Å². The number of carbonyl (C=O) groups is 2. The first-order valence-corrected chi connectivity index (χ1v) is 11.6. The van der Waals surface area contributed by atoms with Gasteiger partial charge >= 0.3 is 0 Å². The number of ether oxygens (including phenoxy) is 1. The molecular weight excluding hydrogens is 516 g/mol. The molecule has 0 saturated heterocycles. The van der Waals surface area contributed by atoms with Gasteiger partial charge < -0.3 is 20.5 Å². The van der Waals surface area contributed by atoms with Crippen LogP contribution in [0.1, 0.15) is 32.5 Å². The van der Waals surface area contributed by atoms with Crippen LogP contribution >= 0.6 is 38.9 Å². The maximum absolute atomic E-state index is 13.0. The molecule has 2 aromatic carbocycles. The minimum atomic E-state index is -0.662. The Bertz CT molecular complexity index is 1240. The molecule has 9 heteroatoms. The predicted octanol–water partition coefficient (Wildman–Crippen LogP) is 5.56. The number of amides is 2. The molecular formula is C23H18BrClN2O4S. The Labute approximate surface area is 202 Å². The van der Waals surface area contributed by atoms with Crippen molar-refractivity contribution in [3.05, 3.63) is 74.2 Å². The van der Waals surface area contributed by atoms with Crippen LogP contribution < -0.4 is 15.4 Å². The second kappa shape index (κ2) is 9.46. The number of rotatable bonds is 5. The molecule has 32 heavy (non-hydrogen) atoms. The van der Waals surface area contributed by atoms with E-state index in [1.165, 1.54) is 17.4 Å². The van der Waals surface area contributed by atoms with Gasteiger partial charge in [-0.05, 0) is 61.0 Å². The smallest absolute Gasteiger partial charge is 0.265 e. The zero-order valence-corrected chi connectivity index (χ0v) is 20.0. The summed E-state index contributed by atoms with van der Waals surface area (Å²) in [4.78, 5) is 26.7. The number of nitrogens with one attached hydrogen (secondary N) is 2. The molecule has 0 aliphatic carbocycles. The lowest BCUT2D eigenvalue weighted by atomic mass is 10.1. The van der Waals surface area contributed by atoms with Crippen LogP contribution in [-0.2, 0) is 0 Å². The summed E-state index contributed by atoms with van der Waals surface area (Å²) in [5.74, 6) is -0.00422. The van der Waals surface area contributed by atoms with Crippen LogP contribution in [0.2, 0.25) is 5.02 Å². The highest BCUT2D eigenvalue weighted by molar-refractivity contribution is 9.10. The van der Waals surface area contributed by atoms with Gasteiger partial charge in [-0.25, -0.2) is 0 Å². The molecule has 0 radical (unpaired) electrons. The fourth-order valence-corrected chi connectivity index (χ4v) is 4.68. The highest BCUT2D eigenvalue weighted by Gasteiger charge is 2.20. The number of aliphatic hydroxyl groups excluding tert-OH is 1. The highest BCUT2D eigenvalue weighted by atomic mass is 79.9. The van der Waals surface area contributed by atoms with E-state index in [0.717, 1.165) is 20.5 Å².